The Labute approximate surface area is 139 Å². The van der Waals surface area contributed by atoms with E-state index in [1.807, 2.05) is 0 Å². The van der Waals surface area contributed by atoms with E-state index >= 15 is 0 Å². The number of nitrogens with one attached hydrogen (secondary N) is 1. The van der Waals surface area contributed by atoms with Crippen LogP contribution in [0.2, 0.25) is 0 Å². The summed E-state index contributed by atoms with van der Waals surface area (Å²) in [5.74, 6) is 0.0268. The zero-order valence-corrected chi connectivity index (χ0v) is 14.3. The number of rotatable bonds is 6. The number of benzene rings is 1. The summed E-state index contributed by atoms with van der Waals surface area (Å²) in [5.41, 5.74) is 0.740. The predicted molar refractivity (Wildman–Crippen MR) is 88.5 cm³/mol. The number of anilines is 2. The molecule has 2 aromatic rings. The molecule has 0 aliphatic heterocycles. The van der Waals surface area contributed by atoms with Gasteiger partial charge in [0.25, 0.3) is 0 Å². The van der Waals surface area contributed by atoms with Gasteiger partial charge in [0.15, 0.2) is 11.6 Å². The molecule has 1 heterocycles. The van der Waals surface area contributed by atoms with Crippen molar-refractivity contribution < 1.29 is 22.5 Å². The molecular weight excluding hydrogens is 334 g/mol. The van der Waals surface area contributed by atoms with E-state index in [4.69, 9.17) is 4.52 Å². The monoisotopic (exact) mass is 351 g/mol. The van der Waals surface area contributed by atoms with Crippen LogP contribution >= 0.6 is 0 Å². The lowest BCUT2D eigenvalue weighted by atomic mass is 10.1. The fourth-order valence-electron chi connectivity index (χ4n) is 2.00. The van der Waals surface area contributed by atoms with Gasteiger partial charge in [0, 0.05) is 11.6 Å². The summed E-state index contributed by atoms with van der Waals surface area (Å²) in [6.07, 6.45) is 0.999. The Morgan fingerprint density at radius 1 is 1.25 bits per heavy atom. The van der Waals surface area contributed by atoms with Crippen molar-refractivity contribution in [2.24, 2.45) is 0 Å². The van der Waals surface area contributed by atoms with Crippen LogP contribution in [-0.2, 0) is 14.8 Å². The van der Waals surface area contributed by atoms with Crippen molar-refractivity contribution in [2.45, 2.75) is 13.8 Å². The van der Waals surface area contributed by atoms with Crippen molar-refractivity contribution in [1.82, 2.24) is 5.16 Å². The van der Waals surface area contributed by atoms with Gasteiger partial charge >= 0.3 is 0 Å². The quantitative estimate of drug-likeness (QED) is 0.792. The fourth-order valence-corrected chi connectivity index (χ4v) is 2.86. The van der Waals surface area contributed by atoms with Gasteiger partial charge in [-0.25, -0.2) is 8.42 Å². The maximum atomic E-state index is 12.1. The molecule has 0 atom stereocenters. The summed E-state index contributed by atoms with van der Waals surface area (Å²) < 4.78 is 29.7. The second-order valence-corrected chi connectivity index (χ2v) is 7.15. The number of aromatic nitrogens is 1. The van der Waals surface area contributed by atoms with Crippen molar-refractivity contribution in [1.29, 1.82) is 0 Å². The minimum Gasteiger partial charge on any atom is -0.360 e. The van der Waals surface area contributed by atoms with Gasteiger partial charge in [-0.15, -0.1) is 0 Å². The Bertz CT molecular complexity index is 855. The molecule has 0 unspecified atom stereocenters. The van der Waals surface area contributed by atoms with Crippen LogP contribution in [0.5, 0.6) is 0 Å². The minimum absolute atomic E-state index is 0.133. The van der Waals surface area contributed by atoms with Crippen molar-refractivity contribution in [3.05, 3.63) is 41.7 Å². The summed E-state index contributed by atoms with van der Waals surface area (Å²) in [7, 11) is -3.69. The molecule has 1 aromatic heterocycles. The topological polar surface area (TPSA) is 110 Å². The average molecular weight is 351 g/mol. The smallest absolute Gasteiger partial charge is 0.246 e. The predicted octanol–water partition coefficient (Wildman–Crippen LogP) is 1.59. The molecule has 0 saturated carbocycles. The number of carbonyl (C=O) groups excluding carboxylic acids is 2. The second kappa shape index (κ2) is 6.83. The first-order valence-corrected chi connectivity index (χ1v) is 8.83. The lowest BCUT2D eigenvalue weighted by Crippen LogP contribution is -2.37. The largest absolute Gasteiger partial charge is 0.360 e. The van der Waals surface area contributed by atoms with Gasteiger partial charge in [0.1, 0.15) is 12.3 Å². The number of Topliss-reactive ketones (excluding diaryl/α,β-unsaturated/α-hetero) is 1. The number of sulfonamides is 1. The molecule has 8 nitrogen and oxygen atoms in total. The average Bonchev–Trinajstić information content (AvgIpc) is 2.89. The van der Waals surface area contributed by atoms with Crippen LogP contribution in [0.4, 0.5) is 11.5 Å². The van der Waals surface area contributed by atoms with Crippen LogP contribution in [0.3, 0.4) is 0 Å². The van der Waals surface area contributed by atoms with E-state index in [1.54, 1.807) is 6.92 Å². The first kappa shape index (κ1) is 17.7. The highest BCUT2D eigenvalue weighted by atomic mass is 32.2. The molecule has 0 aliphatic rings. The highest BCUT2D eigenvalue weighted by Crippen LogP contribution is 2.19. The summed E-state index contributed by atoms with van der Waals surface area (Å²) in [4.78, 5) is 23.4. The van der Waals surface area contributed by atoms with Crippen LogP contribution in [0.15, 0.2) is 34.9 Å². The lowest BCUT2D eigenvalue weighted by molar-refractivity contribution is -0.114. The zero-order chi connectivity index (χ0) is 17.9. The van der Waals surface area contributed by atoms with Gasteiger partial charge in [0.2, 0.25) is 15.9 Å². The van der Waals surface area contributed by atoms with E-state index in [0.29, 0.717) is 11.3 Å². The number of hydrogen-bond acceptors (Lipinski definition) is 6. The molecule has 1 amide bonds. The van der Waals surface area contributed by atoms with Gasteiger partial charge in [-0.2, -0.15) is 0 Å². The molecule has 0 fully saturated rings. The minimum atomic E-state index is -3.69. The molecule has 0 spiro atoms. The first-order valence-electron chi connectivity index (χ1n) is 6.98. The van der Waals surface area contributed by atoms with Gasteiger partial charge in [-0.1, -0.05) is 5.16 Å². The Morgan fingerprint density at radius 3 is 2.33 bits per heavy atom. The highest BCUT2D eigenvalue weighted by Gasteiger charge is 2.21. The summed E-state index contributed by atoms with van der Waals surface area (Å²) in [5, 5.41) is 6.08. The molecule has 0 aliphatic carbocycles. The normalized spacial score (nSPS) is 11.1. The third-order valence-corrected chi connectivity index (χ3v) is 4.29. The maximum absolute atomic E-state index is 12.1. The van der Waals surface area contributed by atoms with E-state index in [9.17, 15) is 18.0 Å². The van der Waals surface area contributed by atoms with E-state index in [0.717, 1.165) is 10.6 Å². The van der Waals surface area contributed by atoms with Crippen LogP contribution in [0.25, 0.3) is 0 Å². The number of amides is 1. The molecule has 128 valence electrons. The van der Waals surface area contributed by atoms with Crippen molar-refractivity contribution in [3.8, 4) is 0 Å². The van der Waals surface area contributed by atoms with Gasteiger partial charge in [0.05, 0.1) is 11.9 Å². The Hall–Kier alpha value is -2.68. The number of ketones is 1. The molecule has 1 aromatic carbocycles. The van der Waals surface area contributed by atoms with Gasteiger partial charge in [-0.3, -0.25) is 13.9 Å². The van der Waals surface area contributed by atoms with Crippen LogP contribution < -0.4 is 9.62 Å². The second-order valence-electron chi connectivity index (χ2n) is 5.24. The van der Waals surface area contributed by atoms with E-state index in [1.165, 1.54) is 37.3 Å². The fraction of sp³-hybridized carbons (Fsp3) is 0.267. The third kappa shape index (κ3) is 4.42. The molecule has 2 rings (SSSR count). The van der Waals surface area contributed by atoms with E-state index in [2.05, 4.69) is 10.5 Å². The van der Waals surface area contributed by atoms with E-state index < -0.39 is 22.5 Å². The highest BCUT2D eigenvalue weighted by molar-refractivity contribution is 7.92. The summed E-state index contributed by atoms with van der Waals surface area (Å²) in [6.45, 7) is 2.66. The van der Waals surface area contributed by atoms with E-state index in [-0.39, 0.29) is 17.3 Å². The molecular formula is C15H17N3O5S. The number of carbonyl (C=O) groups is 2. The van der Waals surface area contributed by atoms with Crippen LogP contribution in [0, 0.1) is 6.92 Å². The molecule has 1 N–H and O–H groups in total. The Morgan fingerprint density at radius 2 is 1.88 bits per heavy atom. The van der Waals surface area contributed by atoms with Gasteiger partial charge in [-0.05, 0) is 38.1 Å². The molecule has 24 heavy (non-hydrogen) atoms. The maximum Gasteiger partial charge on any atom is 0.246 e. The molecule has 0 radical (unpaired) electrons. The number of aryl methyl sites for hydroxylation is 1. The zero-order valence-electron chi connectivity index (χ0n) is 13.4. The Kier molecular flexibility index (Phi) is 5.03. The summed E-state index contributed by atoms with van der Waals surface area (Å²) >= 11 is 0. The van der Waals surface area contributed by atoms with Crippen molar-refractivity contribution in [2.75, 3.05) is 22.4 Å². The van der Waals surface area contributed by atoms with Crippen molar-refractivity contribution >= 4 is 33.2 Å². The molecule has 9 heteroatoms. The standard InChI is InChI=1S/C15H17N3O5S/c1-10-8-14(17-23-10)16-15(20)9-18(24(3,21)22)13-6-4-12(5-7-13)11(2)19/h4-8H,9H2,1-3H3,(H,16,17,20). The Balaban J connectivity index is 2.19. The molecule has 0 bridgehead atoms. The van der Waals surface area contributed by atoms with Crippen LogP contribution in [-0.4, -0.2) is 38.1 Å². The third-order valence-electron chi connectivity index (χ3n) is 3.14. The van der Waals surface area contributed by atoms with Crippen LogP contribution in [0.1, 0.15) is 23.0 Å². The SMILES string of the molecule is CC(=O)c1ccc(N(CC(=O)Nc2cc(C)on2)S(C)(=O)=O)cc1. The van der Waals surface area contributed by atoms with Gasteiger partial charge < -0.3 is 9.84 Å². The summed E-state index contributed by atoms with van der Waals surface area (Å²) in [6, 6.07) is 7.49. The lowest BCUT2D eigenvalue weighted by Gasteiger charge is -2.21. The molecule has 0 saturated heterocycles. The first-order chi connectivity index (χ1) is 11.2. The number of hydrogen-bond donors (Lipinski definition) is 1. The van der Waals surface area contributed by atoms with Crippen molar-refractivity contribution in [3.63, 3.8) is 0 Å². The number of nitrogens with zero attached hydrogens (tertiary/aromatic N) is 2.